The molecule has 0 aromatic rings. The molecule has 1 aliphatic heterocycles. The molecular formula is C13H21F3N2O. The van der Waals surface area contributed by atoms with Gasteiger partial charge in [-0.05, 0) is 31.7 Å². The highest BCUT2D eigenvalue weighted by Crippen LogP contribution is 2.37. The van der Waals surface area contributed by atoms with Crippen molar-refractivity contribution in [3.8, 4) is 0 Å². The Kier molecular flexibility index (Phi) is 4.38. The van der Waals surface area contributed by atoms with Crippen LogP contribution in [0.4, 0.5) is 13.2 Å². The maximum absolute atomic E-state index is 12.9. The predicted molar refractivity (Wildman–Crippen MR) is 65.5 cm³/mol. The number of nitrogens with one attached hydrogen (secondary N) is 2. The average Bonchev–Trinajstić information content (AvgIpc) is 2.75. The van der Waals surface area contributed by atoms with Crippen LogP contribution in [0.25, 0.3) is 0 Å². The Hall–Kier alpha value is -0.780. The van der Waals surface area contributed by atoms with Gasteiger partial charge in [0.15, 0.2) is 0 Å². The summed E-state index contributed by atoms with van der Waals surface area (Å²) in [5, 5.41) is 5.68. The Morgan fingerprint density at radius 1 is 1.21 bits per heavy atom. The molecule has 2 fully saturated rings. The van der Waals surface area contributed by atoms with E-state index in [1.165, 1.54) is 0 Å². The van der Waals surface area contributed by atoms with Crippen LogP contribution < -0.4 is 10.6 Å². The van der Waals surface area contributed by atoms with E-state index in [9.17, 15) is 18.0 Å². The lowest BCUT2D eigenvalue weighted by molar-refractivity contribution is -0.189. The number of alkyl halides is 3. The highest BCUT2D eigenvalue weighted by molar-refractivity contribution is 5.82. The lowest BCUT2D eigenvalue weighted by Crippen LogP contribution is -2.53. The molecular weight excluding hydrogens is 257 g/mol. The molecule has 110 valence electrons. The normalized spacial score (nSPS) is 36.2. The smallest absolute Gasteiger partial charge is 0.351 e. The maximum Gasteiger partial charge on any atom is 0.393 e. The number of hydrogen-bond acceptors (Lipinski definition) is 2. The third kappa shape index (κ3) is 3.41. The molecule has 0 aromatic heterocycles. The van der Waals surface area contributed by atoms with Gasteiger partial charge in [0, 0.05) is 6.04 Å². The first-order chi connectivity index (χ1) is 8.89. The fraction of sp³-hybridized carbons (Fsp3) is 0.923. The monoisotopic (exact) mass is 278 g/mol. The van der Waals surface area contributed by atoms with Crippen molar-refractivity contribution in [2.75, 3.05) is 6.54 Å². The summed E-state index contributed by atoms with van der Waals surface area (Å²) in [4.78, 5) is 12.1. The van der Waals surface area contributed by atoms with Crippen molar-refractivity contribution in [1.82, 2.24) is 10.6 Å². The highest BCUT2D eigenvalue weighted by Gasteiger charge is 2.46. The number of rotatable bonds is 2. The third-order valence-electron chi connectivity index (χ3n) is 4.33. The largest absolute Gasteiger partial charge is 0.393 e. The predicted octanol–water partition coefficient (Wildman–Crippen LogP) is 2.22. The zero-order valence-electron chi connectivity index (χ0n) is 11.1. The van der Waals surface area contributed by atoms with Gasteiger partial charge in [-0.3, -0.25) is 4.79 Å². The number of hydrogen-bond donors (Lipinski definition) is 2. The Morgan fingerprint density at radius 2 is 1.89 bits per heavy atom. The molecule has 6 heteroatoms. The van der Waals surface area contributed by atoms with Crippen molar-refractivity contribution in [3.63, 3.8) is 0 Å². The first kappa shape index (κ1) is 14.6. The van der Waals surface area contributed by atoms with E-state index < -0.39 is 18.1 Å². The summed E-state index contributed by atoms with van der Waals surface area (Å²) in [7, 11) is 0. The zero-order chi connectivity index (χ0) is 14.0. The molecule has 0 spiro atoms. The highest BCUT2D eigenvalue weighted by atomic mass is 19.4. The van der Waals surface area contributed by atoms with Crippen molar-refractivity contribution < 1.29 is 18.0 Å². The Morgan fingerprint density at radius 3 is 2.47 bits per heavy atom. The number of carbonyl (C=O) groups is 1. The lowest BCUT2D eigenvalue weighted by atomic mass is 9.83. The molecule has 1 saturated carbocycles. The minimum absolute atomic E-state index is 0.127. The second-order valence-corrected chi connectivity index (χ2v) is 5.75. The van der Waals surface area contributed by atoms with Crippen LogP contribution in [0.2, 0.25) is 0 Å². The number of halogens is 3. The second kappa shape index (κ2) is 5.69. The summed E-state index contributed by atoms with van der Waals surface area (Å²) in [6.45, 7) is 2.71. The molecule has 2 aliphatic rings. The Balaban J connectivity index is 1.97. The summed E-state index contributed by atoms with van der Waals surface area (Å²) in [6, 6.07) is -1.09. The number of amides is 1. The molecule has 1 amide bonds. The first-order valence-corrected chi connectivity index (χ1v) is 7.00. The van der Waals surface area contributed by atoms with Gasteiger partial charge in [0.25, 0.3) is 0 Å². The molecule has 2 rings (SSSR count). The lowest BCUT2D eigenvalue weighted by Gasteiger charge is -2.34. The van der Waals surface area contributed by atoms with Gasteiger partial charge in [-0.1, -0.05) is 19.8 Å². The third-order valence-corrected chi connectivity index (χ3v) is 4.33. The van der Waals surface area contributed by atoms with Gasteiger partial charge in [-0.25, -0.2) is 0 Å². The van der Waals surface area contributed by atoms with Gasteiger partial charge in [0.1, 0.15) is 0 Å². The van der Waals surface area contributed by atoms with Gasteiger partial charge in [-0.15, -0.1) is 0 Å². The van der Waals surface area contributed by atoms with E-state index >= 15 is 0 Å². The molecule has 1 aliphatic carbocycles. The maximum atomic E-state index is 12.9. The van der Waals surface area contributed by atoms with E-state index in [2.05, 4.69) is 10.6 Å². The summed E-state index contributed by atoms with van der Waals surface area (Å²) >= 11 is 0. The molecule has 0 aromatic carbocycles. The van der Waals surface area contributed by atoms with Gasteiger partial charge < -0.3 is 10.6 Å². The standard InChI is InChI=1S/C13H21F3N2O/c1-8-6-7-17-11(8)12(19)18-10-5-3-2-4-9(10)13(14,15)16/h8-11,17H,2-7H2,1H3,(H,18,19). The summed E-state index contributed by atoms with van der Waals surface area (Å²) in [5.41, 5.74) is 0. The fourth-order valence-corrected chi connectivity index (χ4v) is 3.15. The van der Waals surface area contributed by atoms with E-state index in [1.54, 1.807) is 0 Å². The number of carbonyl (C=O) groups excluding carboxylic acids is 1. The van der Waals surface area contributed by atoms with Crippen molar-refractivity contribution in [2.24, 2.45) is 11.8 Å². The molecule has 4 atom stereocenters. The van der Waals surface area contributed by atoms with E-state index in [-0.39, 0.29) is 24.3 Å². The van der Waals surface area contributed by atoms with Crippen LogP contribution in [0.1, 0.15) is 39.0 Å². The van der Waals surface area contributed by atoms with Crippen molar-refractivity contribution in [3.05, 3.63) is 0 Å². The summed E-state index contributed by atoms with van der Waals surface area (Å²) < 4.78 is 38.8. The van der Waals surface area contributed by atoms with Crippen molar-refractivity contribution in [1.29, 1.82) is 0 Å². The molecule has 0 bridgehead atoms. The van der Waals surface area contributed by atoms with Crippen LogP contribution in [0.15, 0.2) is 0 Å². The van der Waals surface area contributed by atoms with Crippen LogP contribution in [0, 0.1) is 11.8 Å². The average molecular weight is 278 g/mol. The minimum atomic E-state index is -4.22. The molecule has 4 unspecified atom stereocenters. The summed E-state index contributed by atoms with van der Waals surface area (Å²) in [6.07, 6.45) is -1.42. The first-order valence-electron chi connectivity index (χ1n) is 7.00. The van der Waals surface area contributed by atoms with Crippen LogP contribution >= 0.6 is 0 Å². The van der Waals surface area contributed by atoms with Crippen LogP contribution in [-0.4, -0.2) is 30.7 Å². The SMILES string of the molecule is CC1CCNC1C(=O)NC1CCCCC1C(F)(F)F. The van der Waals surface area contributed by atoms with Gasteiger partial charge >= 0.3 is 6.18 Å². The molecule has 0 radical (unpaired) electrons. The van der Waals surface area contributed by atoms with Crippen molar-refractivity contribution in [2.45, 2.75) is 57.3 Å². The molecule has 1 heterocycles. The van der Waals surface area contributed by atoms with Gasteiger partial charge in [0.2, 0.25) is 5.91 Å². The van der Waals surface area contributed by atoms with E-state index in [0.717, 1.165) is 19.4 Å². The topological polar surface area (TPSA) is 41.1 Å². The quantitative estimate of drug-likeness (QED) is 0.813. The van der Waals surface area contributed by atoms with E-state index in [1.807, 2.05) is 6.92 Å². The van der Waals surface area contributed by atoms with Gasteiger partial charge in [-0.2, -0.15) is 13.2 Å². The van der Waals surface area contributed by atoms with E-state index in [0.29, 0.717) is 12.8 Å². The molecule has 3 nitrogen and oxygen atoms in total. The molecule has 19 heavy (non-hydrogen) atoms. The Bertz CT molecular complexity index is 332. The molecule has 1 saturated heterocycles. The second-order valence-electron chi connectivity index (χ2n) is 5.75. The van der Waals surface area contributed by atoms with Crippen LogP contribution in [-0.2, 0) is 4.79 Å². The van der Waals surface area contributed by atoms with Gasteiger partial charge in [0.05, 0.1) is 12.0 Å². The zero-order valence-corrected chi connectivity index (χ0v) is 11.1. The Labute approximate surface area is 111 Å². The summed E-state index contributed by atoms with van der Waals surface area (Å²) in [5.74, 6) is -1.47. The fourth-order valence-electron chi connectivity index (χ4n) is 3.15. The van der Waals surface area contributed by atoms with Crippen LogP contribution in [0.3, 0.4) is 0 Å². The van der Waals surface area contributed by atoms with E-state index in [4.69, 9.17) is 0 Å². The van der Waals surface area contributed by atoms with Crippen molar-refractivity contribution >= 4 is 5.91 Å². The minimum Gasteiger partial charge on any atom is -0.351 e. The molecule has 2 N–H and O–H groups in total. The van der Waals surface area contributed by atoms with Crippen LogP contribution in [0.5, 0.6) is 0 Å².